The Morgan fingerprint density at radius 1 is 1.21 bits per heavy atom. The Morgan fingerprint density at radius 3 is 2.53 bits per heavy atom. The summed E-state index contributed by atoms with van der Waals surface area (Å²) < 4.78 is 0. The molecule has 2 rings (SSSR count). The maximum Gasteiger partial charge on any atom is 0.253 e. The van der Waals surface area contributed by atoms with Gasteiger partial charge in [-0.2, -0.15) is 0 Å². The summed E-state index contributed by atoms with van der Waals surface area (Å²) in [6, 6.07) is 10.6. The van der Waals surface area contributed by atoms with E-state index >= 15 is 0 Å². The number of halogens is 1. The van der Waals surface area contributed by atoms with E-state index in [0.29, 0.717) is 22.9 Å². The lowest BCUT2D eigenvalue weighted by Crippen LogP contribution is -2.23. The predicted octanol–water partition coefficient (Wildman–Crippen LogP) is 1.95. The average molecular weight is 277 g/mol. The van der Waals surface area contributed by atoms with Crippen LogP contribution in [0.1, 0.15) is 15.9 Å². The van der Waals surface area contributed by atoms with E-state index in [-0.39, 0.29) is 5.91 Å². The van der Waals surface area contributed by atoms with Gasteiger partial charge in [-0.05, 0) is 29.8 Å². The first-order chi connectivity index (χ1) is 9.19. The zero-order valence-corrected chi connectivity index (χ0v) is 10.8. The van der Waals surface area contributed by atoms with Gasteiger partial charge in [0.15, 0.2) is 0 Å². The Bertz CT molecular complexity index is 554. The smallest absolute Gasteiger partial charge is 0.253 e. The van der Waals surface area contributed by atoms with Crippen LogP contribution in [-0.4, -0.2) is 10.9 Å². The third-order valence-electron chi connectivity index (χ3n) is 2.54. The van der Waals surface area contributed by atoms with E-state index in [0.717, 1.165) is 5.56 Å². The highest BCUT2D eigenvalue weighted by Gasteiger charge is 2.05. The van der Waals surface area contributed by atoms with Crippen LogP contribution in [0, 0.1) is 0 Å². The lowest BCUT2D eigenvalue weighted by Gasteiger charge is -2.06. The van der Waals surface area contributed by atoms with Crippen molar-refractivity contribution in [3.8, 4) is 0 Å². The van der Waals surface area contributed by atoms with Crippen molar-refractivity contribution in [3.63, 3.8) is 0 Å². The number of nitrogen functional groups attached to an aromatic ring is 1. The first-order valence-corrected chi connectivity index (χ1v) is 6.02. The normalized spacial score (nSPS) is 10.0. The van der Waals surface area contributed by atoms with Gasteiger partial charge in [0.1, 0.15) is 5.82 Å². The number of carbonyl (C=O) groups is 1. The number of nitrogens with zero attached hydrogens (tertiary/aromatic N) is 1. The summed E-state index contributed by atoms with van der Waals surface area (Å²) in [5.41, 5.74) is 3.86. The minimum Gasteiger partial charge on any atom is -0.348 e. The standard InChI is InChI=1S/C13H13ClN4O/c14-11-4-1-9(2-5-11)7-17-13(19)10-3-6-12(18-15)16-8-10/h1-6,8H,7,15H2,(H,16,18)(H,17,19). The number of rotatable bonds is 4. The highest BCUT2D eigenvalue weighted by atomic mass is 35.5. The van der Waals surface area contributed by atoms with Gasteiger partial charge in [-0.15, -0.1) is 0 Å². The molecular weight excluding hydrogens is 264 g/mol. The van der Waals surface area contributed by atoms with Gasteiger partial charge in [-0.25, -0.2) is 10.8 Å². The van der Waals surface area contributed by atoms with Gasteiger partial charge < -0.3 is 10.7 Å². The fourth-order valence-corrected chi connectivity index (χ4v) is 1.63. The van der Waals surface area contributed by atoms with E-state index in [1.807, 2.05) is 12.1 Å². The fourth-order valence-electron chi connectivity index (χ4n) is 1.50. The van der Waals surface area contributed by atoms with Crippen molar-refractivity contribution in [1.82, 2.24) is 10.3 Å². The molecule has 0 spiro atoms. The summed E-state index contributed by atoms with van der Waals surface area (Å²) in [5, 5.41) is 3.47. The van der Waals surface area contributed by atoms with Gasteiger partial charge in [0.25, 0.3) is 5.91 Å². The number of hydrogen-bond acceptors (Lipinski definition) is 4. The fraction of sp³-hybridized carbons (Fsp3) is 0.0769. The summed E-state index contributed by atoms with van der Waals surface area (Å²) >= 11 is 5.79. The van der Waals surface area contributed by atoms with Crippen molar-refractivity contribution in [2.75, 3.05) is 5.43 Å². The molecule has 0 atom stereocenters. The molecule has 0 fully saturated rings. The molecule has 0 aliphatic heterocycles. The van der Waals surface area contributed by atoms with Crippen molar-refractivity contribution in [3.05, 3.63) is 58.7 Å². The molecule has 0 aliphatic carbocycles. The molecule has 1 amide bonds. The van der Waals surface area contributed by atoms with Crippen molar-refractivity contribution >= 4 is 23.3 Å². The minimum atomic E-state index is -0.189. The molecule has 0 radical (unpaired) electrons. The summed E-state index contributed by atoms with van der Waals surface area (Å²) in [6.45, 7) is 0.437. The second-order valence-corrected chi connectivity index (χ2v) is 4.32. The molecular formula is C13H13ClN4O. The maximum absolute atomic E-state index is 11.9. The Balaban J connectivity index is 1.95. The third-order valence-corrected chi connectivity index (χ3v) is 2.79. The molecule has 19 heavy (non-hydrogen) atoms. The average Bonchev–Trinajstić information content (AvgIpc) is 2.46. The molecule has 4 N–H and O–H groups in total. The number of benzene rings is 1. The maximum atomic E-state index is 11.9. The Kier molecular flexibility index (Phi) is 4.33. The molecule has 5 nitrogen and oxygen atoms in total. The van der Waals surface area contributed by atoms with E-state index < -0.39 is 0 Å². The van der Waals surface area contributed by atoms with Crippen molar-refractivity contribution in [2.24, 2.45) is 5.84 Å². The molecule has 0 unspecified atom stereocenters. The van der Waals surface area contributed by atoms with Crippen LogP contribution in [-0.2, 0) is 6.54 Å². The van der Waals surface area contributed by atoms with Gasteiger partial charge >= 0.3 is 0 Å². The summed E-state index contributed by atoms with van der Waals surface area (Å²) in [6.07, 6.45) is 1.46. The van der Waals surface area contributed by atoms with Gasteiger partial charge in [-0.1, -0.05) is 23.7 Å². The Morgan fingerprint density at radius 2 is 1.95 bits per heavy atom. The Labute approximate surface area is 115 Å². The summed E-state index contributed by atoms with van der Waals surface area (Å²) in [5.74, 6) is 5.52. The quantitative estimate of drug-likeness (QED) is 0.589. The SMILES string of the molecule is NNc1ccc(C(=O)NCc2ccc(Cl)cc2)cn1. The number of carbonyl (C=O) groups excluding carboxylic acids is 1. The van der Waals surface area contributed by atoms with E-state index in [2.05, 4.69) is 15.7 Å². The number of hydrazine groups is 1. The van der Waals surface area contributed by atoms with Crippen molar-refractivity contribution in [1.29, 1.82) is 0 Å². The molecule has 1 heterocycles. The highest BCUT2D eigenvalue weighted by Crippen LogP contribution is 2.09. The predicted molar refractivity (Wildman–Crippen MR) is 74.7 cm³/mol. The van der Waals surface area contributed by atoms with Crippen LogP contribution >= 0.6 is 11.6 Å². The zero-order chi connectivity index (χ0) is 13.7. The molecule has 0 aliphatic rings. The molecule has 1 aromatic heterocycles. The number of amides is 1. The van der Waals surface area contributed by atoms with Crippen LogP contribution in [0.25, 0.3) is 0 Å². The lowest BCUT2D eigenvalue weighted by atomic mass is 10.2. The zero-order valence-electron chi connectivity index (χ0n) is 10.1. The summed E-state index contributed by atoms with van der Waals surface area (Å²) in [4.78, 5) is 15.8. The van der Waals surface area contributed by atoms with E-state index in [9.17, 15) is 4.79 Å². The molecule has 2 aromatic rings. The van der Waals surface area contributed by atoms with Gasteiger partial charge in [0.05, 0.1) is 5.56 Å². The van der Waals surface area contributed by atoms with Gasteiger partial charge in [0.2, 0.25) is 0 Å². The lowest BCUT2D eigenvalue weighted by molar-refractivity contribution is 0.0950. The van der Waals surface area contributed by atoms with Crippen LogP contribution in [0.5, 0.6) is 0 Å². The number of anilines is 1. The number of aromatic nitrogens is 1. The van der Waals surface area contributed by atoms with Crippen LogP contribution in [0.3, 0.4) is 0 Å². The van der Waals surface area contributed by atoms with Crippen LogP contribution in [0.2, 0.25) is 5.02 Å². The molecule has 0 bridgehead atoms. The van der Waals surface area contributed by atoms with E-state index in [4.69, 9.17) is 17.4 Å². The van der Waals surface area contributed by atoms with Gasteiger partial charge in [0, 0.05) is 17.8 Å². The van der Waals surface area contributed by atoms with E-state index in [1.165, 1.54) is 6.20 Å². The molecule has 0 saturated carbocycles. The topological polar surface area (TPSA) is 80.0 Å². The number of pyridine rings is 1. The van der Waals surface area contributed by atoms with Crippen LogP contribution in [0.4, 0.5) is 5.82 Å². The van der Waals surface area contributed by atoms with Crippen LogP contribution < -0.4 is 16.6 Å². The molecule has 1 aromatic carbocycles. The largest absolute Gasteiger partial charge is 0.348 e. The minimum absolute atomic E-state index is 0.189. The summed E-state index contributed by atoms with van der Waals surface area (Å²) in [7, 11) is 0. The first kappa shape index (κ1) is 13.3. The van der Waals surface area contributed by atoms with Gasteiger partial charge in [-0.3, -0.25) is 4.79 Å². The number of nitrogens with two attached hydrogens (primary N) is 1. The molecule has 98 valence electrons. The second kappa shape index (κ2) is 6.17. The number of hydrogen-bond donors (Lipinski definition) is 3. The molecule has 0 saturated heterocycles. The second-order valence-electron chi connectivity index (χ2n) is 3.89. The third kappa shape index (κ3) is 3.67. The molecule has 6 heteroatoms. The van der Waals surface area contributed by atoms with E-state index in [1.54, 1.807) is 24.3 Å². The van der Waals surface area contributed by atoms with Crippen molar-refractivity contribution < 1.29 is 4.79 Å². The monoisotopic (exact) mass is 276 g/mol. The first-order valence-electron chi connectivity index (χ1n) is 5.64. The van der Waals surface area contributed by atoms with Crippen molar-refractivity contribution in [2.45, 2.75) is 6.54 Å². The van der Waals surface area contributed by atoms with Crippen LogP contribution in [0.15, 0.2) is 42.6 Å². The highest BCUT2D eigenvalue weighted by molar-refractivity contribution is 6.30. The Hall–Kier alpha value is -2.11. The number of nitrogens with one attached hydrogen (secondary N) is 2.